The number of hydrogen-bond acceptors (Lipinski definition) is 3. The van der Waals surface area contributed by atoms with Crippen LogP contribution in [0.15, 0.2) is 24.3 Å². The van der Waals surface area contributed by atoms with Crippen LogP contribution in [0.3, 0.4) is 0 Å². The van der Waals surface area contributed by atoms with Gasteiger partial charge in [0.05, 0.1) is 0 Å². The summed E-state index contributed by atoms with van der Waals surface area (Å²) in [7, 11) is 0. The van der Waals surface area contributed by atoms with Gasteiger partial charge < -0.3 is 10.6 Å². The lowest BCUT2D eigenvalue weighted by Crippen LogP contribution is -2.54. The third-order valence-corrected chi connectivity index (χ3v) is 4.20. The molecule has 0 saturated carbocycles. The van der Waals surface area contributed by atoms with Crippen LogP contribution < -0.4 is 10.6 Å². The van der Waals surface area contributed by atoms with Crippen molar-refractivity contribution in [1.29, 1.82) is 0 Å². The highest BCUT2D eigenvalue weighted by Crippen LogP contribution is 2.22. The quantitative estimate of drug-likeness (QED) is 0.920. The van der Waals surface area contributed by atoms with E-state index in [9.17, 15) is 0 Å². The molecule has 0 aliphatic carbocycles. The first-order valence-electron chi connectivity index (χ1n) is 7.06. The summed E-state index contributed by atoms with van der Waals surface area (Å²) in [6.07, 6.45) is 0. The van der Waals surface area contributed by atoms with Gasteiger partial charge in [0.2, 0.25) is 0 Å². The average Bonchev–Trinajstić information content (AvgIpc) is 2.40. The van der Waals surface area contributed by atoms with Crippen LogP contribution in [0.1, 0.15) is 13.8 Å². The lowest BCUT2D eigenvalue weighted by Gasteiger charge is -2.41. The molecule has 3 nitrogen and oxygen atoms in total. The summed E-state index contributed by atoms with van der Waals surface area (Å²) >= 11 is 6.05. The van der Waals surface area contributed by atoms with Crippen molar-refractivity contribution >= 4 is 17.3 Å². The van der Waals surface area contributed by atoms with E-state index in [4.69, 9.17) is 17.3 Å². The summed E-state index contributed by atoms with van der Waals surface area (Å²) in [6, 6.07) is 8.61. The second-order valence-electron chi connectivity index (χ2n) is 5.55. The molecule has 0 bridgehead atoms. The maximum Gasteiger partial charge on any atom is 0.0426 e. The monoisotopic (exact) mass is 281 g/mol. The Balaban J connectivity index is 1.95. The lowest BCUT2D eigenvalue weighted by atomic mass is 10.0. The zero-order valence-corrected chi connectivity index (χ0v) is 12.6. The van der Waals surface area contributed by atoms with E-state index < -0.39 is 0 Å². The first kappa shape index (κ1) is 14.6. The molecule has 106 valence electrons. The Hall–Kier alpha value is -0.770. The lowest BCUT2D eigenvalue weighted by molar-refractivity contribution is 0.151. The third-order valence-electron chi connectivity index (χ3n) is 3.97. The molecule has 0 spiro atoms. The molecule has 0 aromatic heterocycles. The van der Waals surface area contributed by atoms with Crippen molar-refractivity contribution in [2.75, 3.05) is 37.6 Å². The van der Waals surface area contributed by atoms with E-state index in [1.807, 2.05) is 18.2 Å². The number of halogens is 1. The van der Waals surface area contributed by atoms with Gasteiger partial charge in [0.1, 0.15) is 0 Å². The van der Waals surface area contributed by atoms with Gasteiger partial charge in [-0.25, -0.2) is 0 Å². The fraction of sp³-hybridized carbons (Fsp3) is 0.600. The smallest absolute Gasteiger partial charge is 0.0426 e. The summed E-state index contributed by atoms with van der Waals surface area (Å²) in [4.78, 5) is 4.92. The molecule has 1 aliphatic rings. The number of hydrogen-bond donors (Lipinski definition) is 1. The van der Waals surface area contributed by atoms with Gasteiger partial charge in [0.25, 0.3) is 0 Å². The molecule has 2 rings (SSSR count). The second-order valence-corrected chi connectivity index (χ2v) is 5.99. The number of nitrogens with two attached hydrogens (primary N) is 1. The van der Waals surface area contributed by atoms with Crippen molar-refractivity contribution in [3.05, 3.63) is 29.3 Å². The Morgan fingerprint density at radius 2 is 1.89 bits per heavy atom. The van der Waals surface area contributed by atoms with Gasteiger partial charge in [-0.1, -0.05) is 31.5 Å². The Kier molecular flexibility index (Phi) is 5.08. The molecule has 1 aliphatic heterocycles. The highest BCUT2D eigenvalue weighted by atomic mass is 35.5. The van der Waals surface area contributed by atoms with Crippen molar-refractivity contribution in [2.24, 2.45) is 11.7 Å². The van der Waals surface area contributed by atoms with Crippen molar-refractivity contribution in [1.82, 2.24) is 4.90 Å². The number of nitrogens with zero attached hydrogens (tertiary/aromatic N) is 2. The largest absolute Gasteiger partial charge is 0.369 e. The van der Waals surface area contributed by atoms with Crippen LogP contribution in [0.2, 0.25) is 5.02 Å². The highest BCUT2D eigenvalue weighted by molar-refractivity contribution is 6.30. The van der Waals surface area contributed by atoms with Gasteiger partial charge in [-0.15, -0.1) is 0 Å². The topological polar surface area (TPSA) is 32.5 Å². The van der Waals surface area contributed by atoms with Crippen LogP contribution in [-0.2, 0) is 0 Å². The summed E-state index contributed by atoms with van der Waals surface area (Å²) < 4.78 is 0. The van der Waals surface area contributed by atoms with Gasteiger partial charge in [0.15, 0.2) is 0 Å². The molecule has 1 unspecified atom stereocenters. The minimum Gasteiger partial charge on any atom is -0.369 e. The predicted octanol–water partition coefficient (Wildman–Crippen LogP) is 2.45. The van der Waals surface area contributed by atoms with Gasteiger partial charge in [-0.05, 0) is 24.1 Å². The Morgan fingerprint density at radius 3 is 2.42 bits per heavy atom. The molecule has 19 heavy (non-hydrogen) atoms. The zero-order chi connectivity index (χ0) is 13.8. The van der Waals surface area contributed by atoms with Crippen molar-refractivity contribution < 1.29 is 0 Å². The molecule has 0 radical (unpaired) electrons. The standard InChI is InChI=1S/C15H24ClN3/c1-12(2)15(11-17)19-8-6-18(7-9-19)14-5-3-4-13(16)10-14/h3-5,10,12,15H,6-9,11,17H2,1-2H3. The second kappa shape index (κ2) is 6.60. The molecule has 0 amide bonds. The Bertz CT molecular complexity index is 400. The number of piperazine rings is 1. The van der Waals surface area contributed by atoms with Crippen molar-refractivity contribution in [3.8, 4) is 0 Å². The van der Waals surface area contributed by atoms with Crippen LogP contribution in [-0.4, -0.2) is 43.7 Å². The van der Waals surface area contributed by atoms with E-state index in [1.54, 1.807) is 0 Å². The number of anilines is 1. The van der Waals surface area contributed by atoms with Gasteiger partial charge in [0, 0.05) is 49.5 Å². The Labute approximate surface area is 121 Å². The zero-order valence-electron chi connectivity index (χ0n) is 11.8. The van der Waals surface area contributed by atoms with Crippen LogP contribution in [0.5, 0.6) is 0 Å². The normalized spacial score (nSPS) is 18.9. The molecule has 1 heterocycles. The molecular weight excluding hydrogens is 258 g/mol. The van der Waals surface area contributed by atoms with E-state index >= 15 is 0 Å². The van der Waals surface area contributed by atoms with E-state index in [0.717, 1.165) is 37.7 Å². The minimum atomic E-state index is 0.501. The fourth-order valence-corrected chi connectivity index (χ4v) is 3.01. The molecule has 1 saturated heterocycles. The summed E-state index contributed by atoms with van der Waals surface area (Å²) in [5.74, 6) is 0.614. The molecular formula is C15H24ClN3. The van der Waals surface area contributed by atoms with Crippen LogP contribution in [0, 0.1) is 5.92 Å². The van der Waals surface area contributed by atoms with E-state index in [2.05, 4.69) is 29.7 Å². The van der Waals surface area contributed by atoms with Crippen molar-refractivity contribution in [2.45, 2.75) is 19.9 Å². The number of rotatable bonds is 4. The summed E-state index contributed by atoms with van der Waals surface area (Å²) in [6.45, 7) is 9.49. The van der Waals surface area contributed by atoms with Gasteiger partial charge in [-0.2, -0.15) is 0 Å². The molecule has 1 aromatic carbocycles. The first-order valence-corrected chi connectivity index (χ1v) is 7.44. The van der Waals surface area contributed by atoms with E-state index in [-0.39, 0.29) is 0 Å². The average molecular weight is 282 g/mol. The first-order chi connectivity index (χ1) is 9.11. The highest BCUT2D eigenvalue weighted by Gasteiger charge is 2.24. The predicted molar refractivity (Wildman–Crippen MR) is 82.9 cm³/mol. The van der Waals surface area contributed by atoms with Crippen molar-refractivity contribution in [3.63, 3.8) is 0 Å². The summed E-state index contributed by atoms with van der Waals surface area (Å²) in [5.41, 5.74) is 7.12. The van der Waals surface area contributed by atoms with Crippen LogP contribution >= 0.6 is 11.6 Å². The molecule has 1 aromatic rings. The molecule has 1 fully saturated rings. The molecule has 1 atom stereocenters. The van der Waals surface area contributed by atoms with Crippen LogP contribution in [0.4, 0.5) is 5.69 Å². The molecule has 2 N–H and O–H groups in total. The van der Waals surface area contributed by atoms with E-state index in [0.29, 0.717) is 12.0 Å². The van der Waals surface area contributed by atoms with Gasteiger partial charge >= 0.3 is 0 Å². The van der Waals surface area contributed by atoms with Gasteiger partial charge in [-0.3, -0.25) is 4.90 Å². The van der Waals surface area contributed by atoms with Crippen LogP contribution in [0.25, 0.3) is 0 Å². The minimum absolute atomic E-state index is 0.501. The summed E-state index contributed by atoms with van der Waals surface area (Å²) in [5, 5.41) is 0.807. The fourth-order valence-electron chi connectivity index (χ4n) is 2.83. The SMILES string of the molecule is CC(C)C(CN)N1CCN(c2cccc(Cl)c2)CC1. The maximum absolute atomic E-state index is 6.05. The van der Waals surface area contributed by atoms with E-state index in [1.165, 1.54) is 5.69 Å². The third kappa shape index (κ3) is 3.62. The number of benzene rings is 1. The maximum atomic E-state index is 6.05. The Morgan fingerprint density at radius 1 is 1.21 bits per heavy atom. The molecule has 4 heteroatoms.